The summed E-state index contributed by atoms with van der Waals surface area (Å²) in [6.07, 6.45) is 8.79. The third-order valence-corrected chi connectivity index (χ3v) is 9.08. The van der Waals surface area contributed by atoms with Crippen molar-refractivity contribution in [3.8, 4) is 0 Å². The number of carbonyl (C=O) groups is 1. The lowest BCUT2D eigenvalue weighted by atomic mass is 9.90. The zero-order valence-electron chi connectivity index (χ0n) is 17.0. The van der Waals surface area contributed by atoms with E-state index in [0.29, 0.717) is 19.0 Å². The summed E-state index contributed by atoms with van der Waals surface area (Å²) in [5.41, 5.74) is 2.10. The molecule has 2 aromatic rings. The topological polar surface area (TPSA) is 95.6 Å². The number of rotatable bonds is 6. The Kier molecular flexibility index (Phi) is 5.28. The van der Waals surface area contributed by atoms with Crippen molar-refractivity contribution in [2.75, 3.05) is 32.8 Å². The van der Waals surface area contributed by atoms with Gasteiger partial charge in [0.05, 0.1) is 6.10 Å². The van der Waals surface area contributed by atoms with Crippen LogP contribution >= 0.6 is 0 Å². The van der Waals surface area contributed by atoms with Gasteiger partial charge in [-0.15, -0.1) is 0 Å². The molecule has 0 atom stereocenters. The number of aromatic nitrogens is 2. The molecular weight excluding hydrogens is 404 g/mol. The molecule has 0 radical (unpaired) electrons. The van der Waals surface area contributed by atoms with Crippen LogP contribution in [0.5, 0.6) is 0 Å². The van der Waals surface area contributed by atoms with E-state index in [-0.39, 0.29) is 31.7 Å². The van der Waals surface area contributed by atoms with Gasteiger partial charge >= 0.3 is 0 Å². The zero-order chi connectivity index (χ0) is 20.7. The molecule has 2 aliphatic heterocycles. The highest BCUT2D eigenvalue weighted by Crippen LogP contribution is 2.34. The summed E-state index contributed by atoms with van der Waals surface area (Å²) in [4.78, 5) is 21.3. The van der Waals surface area contributed by atoms with Gasteiger partial charge in [0.25, 0.3) is 0 Å². The van der Waals surface area contributed by atoms with E-state index in [4.69, 9.17) is 4.74 Å². The fourth-order valence-corrected chi connectivity index (χ4v) is 6.47. The Morgan fingerprint density at radius 3 is 2.67 bits per heavy atom. The molecule has 8 nitrogen and oxygen atoms in total. The normalized spacial score (nSPS) is 22.2. The van der Waals surface area contributed by atoms with Crippen molar-refractivity contribution in [1.29, 1.82) is 0 Å². The first-order chi connectivity index (χ1) is 14.5. The quantitative estimate of drug-likeness (QED) is 0.752. The Morgan fingerprint density at radius 1 is 1.20 bits per heavy atom. The number of H-pyrrole nitrogens is 1. The lowest BCUT2D eigenvalue weighted by molar-refractivity contribution is -0.143. The number of nitrogens with one attached hydrogen (secondary N) is 1. The molecule has 3 aliphatic rings. The fraction of sp³-hybridized carbons (Fsp3) is 0.619. The highest BCUT2D eigenvalue weighted by molar-refractivity contribution is 7.89. The standard InChI is InChI=1S/C21H28N4O4S/c26-20(14-29-16-3-1-4-16)24-12-17(13-24)30(27,28)25-9-6-15(7-10-25)19-11-23-21-18(19)5-2-8-22-21/h2,5,8,11,15-17H,1,3-4,6-7,9-10,12-14H2,(H,22,23). The van der Waals surface area contributed by atoms with Crippen LogP contribution in [0, 0.1) is 0 Å². The van der Waals surface area contributed by atoms with Gasteiger partial charge in [-0.1, -0.05) is 0 Å². The van der Waals surface area contributed by atoms with Crippen molar-refractivity contribution in [2.24, 2.45) is 0 Å². The molecular formula is C21H28N4O4S. The third kappa shape index (κ3) is 3.63. The Hall–Kier alpha value is -1.97. The summed E-state index contributed by atoms with van der Waals surface area (Å²) in [5, 5.41) is 0.634. The van der Waals surface area contributed by atoms with Crippen LogP contribution in [0.25, 0.3) is 11.0 Å². The van der Waals surface area contributed by atoms with Gasteiger partial charge in [-0.3, -0.25) is 4.79 Å². The summed E-state index contributed by atoms with van der Waals surface area (Å²) in [6, 6.07) is 3.99. The van der Waals surface area contributed by atoms with Crippen LogP contribution in [0.15, 0.2) is 24.5 Å². The number of ether oxygens (including phenoxy) is 1. The van der Waals surface area contributed by atoms with Gasteiger partial charge in [0, 0.05) is 44.0 Å². The van der Waals surface area contributed by atoms with E-state index in [0.717, 1.165) is 43.1 Å². The molecule has 0 spiro atoms. The molecule has 9 heteroatoms. The van der Waals surface area contributed by atoms with Gasteiger partial charge in [0.2, 0.25) is 15.9 Å². The number of likely N-dealkylation sites (tertiary alicyclic amines) is 1. The maximum atomic E-state index is 13.0. The molecule has 0 bridgehead atoms. The number of hydrogen-bond acceptors (Lipinski definition) is 5. The van der Waals surface area contributed by atoms with E-state index < -0.39 is 15.3 Å². The minimum absolute atomic E-state index is 0.0717. The number of fused-ring (bicyclic) bond motifs is 1. The molecule has 162 valence electrons. The molecule has 0 unspecified atom stereocenters. The molecule has 1 amide bonds. The predicted octanol–water partition coefficient (Wildman–Crippen LogP) is 1.85. The van der Waals surface area contributed by atoms with Crippen molar-refractivity contribution in [1.82, 2.24) is 19.2 Å². The number of sulfonamides is 1. The minimum atomic E-state index is -3.37. The molecule has 5 rings (SSSR count). The predicted molar refractivity (Wildman–Crippen MR) is 113 cm³/mol. The first-order valence-corrected chi connectivity index (χ1v) is 12.3. The van der Waals surface area contributed by atoms with E-state index >= 15 is 0 Å². The average Bonchev–Trinajstić information content (AvgIpc) is 3.09. The first kappa shape index (κ1) is 20.0. The van der Waals surface area contributed by atoms with Crippen LogP contribution < -0.4 is 0 Å². The van der Waals surface area contributed by atoms with Crippen molar-refractivity contribution in [2.45, 2.75) is 49.4 Å². The summed E-state index contributed by atoms with van der Waals surface area (Å²) >= 11 is 0. The highest BCUT2D eigenvalue weighted by Gasteiger charge is 2.43. The van der Waals surface area contributed by atoms with E-state index in [1.807, 2.05) is 12.3 Å². The number of amides is 1. The maximum absolute atomic E-state index is 13.0. The second-order valence-electron chi connectivity index (χ2n) is 8.65. The van der Waals surface area contributed by atoms with Crippen molar-refractivity contribution >= 4 is 27.0 Å². The summed E-state index contributed by atoms with van der Waals surface area (Å²) < 4.78 is 33.2. The summed E-state index contributed by atoms with van der Waals surface area (Å²) in [7, 11) is -3.37. The van der Waals surface area contributed by atoms with Crippen LogP contribution in [0.3, 0.4) is 0 Å². The van der Waals surface area contributed by atoms with E-state index in [9.17, 15) is 13.2 Å². The van der Waals surface area contributed by atoms with Crippen LogP contribution in [0.4, 0.5) is 0 Å². The fourth-order valence-electron chi connectivity index (χ4n) is 4.60. The number of carbonyl (C=O) groups excluding carboxylic acids is 1. The molecule has 30 heavy (non-hydrogen) atoms. The van der Waals surface area contributed by atoms with Crippen molar-refractivity contribution in [3.05, 3.63) is 30.1 Å². The van der Waals surface area contributed by atoms with Crippen LogP contribution in [-0.4, -0.2) is 77.6 Å². The van der Waals surface area contributed by atoms with Gasteiger partial charge in [-0.05, 0) is 55.7 Å². The summed E-state index contributed by atoms with van der Waals surface area (Å²) in [6.45, 7) is 1.68. The lowest BCUT2D eigenvalue weighted by Gasteiger charge is -2.42. The molecule has 4 heterocycles. The first-order valence-electron chi connectivity index (χ1n) is 10.8. The van der Waals surface area contributed by atoms with Crippen molar-refractivity contribution in [3.63, 3.8) is 0 Å². The number of piperidine rings is 1. The number of aromatic amines is 1. The largest absolute Gasteiger partial charge is 0.368 e. The maximum Gasteiger partial charge on any atom is 0.248 e. The molecule has 2 saturated heterocycles. The Bertz CT molecular complexity index is 1020. The van der Waals surface area contributed by atoms with Crippen molar-refractivity contribution < 1.29 is 17.9 Å². The smallest absolute Gasteiger partial charge is 0.248 e. The van der Waals surface area contributed by atoms with Gasteiger partial charge in [-0.2, -0.15) is 0 Å². The lowest BCUT2D eigenvalue weighted by Crippen LogP contribution is -2.61. The Labute approximate surface area is 176 Å². The van der Waals surface area contributed by atoms with E-state index in [1.165, 1.54) is 5.56 Å². The van der Waals surface area contributed by atoms with E-state index in [1.54, 1.807) is 15.4 Å². The van der Waals surface area contributed by atoms with Gasteiger partial charge < -0.3 is 14.6 Å². The average molecular weight is 433 g/mol. The third-order valence-electron chi connectivity index (χ3n) is 6.85. The van der Waals surface area contributed by atoms with Crippen LogP contribution in [-0.2, 0) is 19.6 Å². The van der Waals surface area contributed by atoms with Crippen LogP contribution in [0.1, 0.15) is 43.6 Å². The highest BCUT2D eigenvalue weighted by atomic mass is 32.2. The molecule has 2 aromatic heterocycles. The Balaban J connectivity index is 1.14. The zero-order valence-corrected chi connectivity index (χ0v) is 17.8. The molecule has 1 saturated carbocycles. The second kappa shape index (κ2) is 7.94. The number of hydrogen-bond donors (Lipinski definition) is 1. The monoisotopic (exact) mass is 432 g/mol. The second-order valence-corrected chi connectivity index (χ2v) is 10.9. The van der Waals surface area contributed by atoms with Gasteiger partial charge in [-0.25, -0.2) is 17.7 Å². The molecule has 0 aromatic carbocycles. The number of nitrogens with zero attached hydrogens (tertiary/aromatic N) is 3. The van der Waals surface area contributed by atoms with Gasteiger partial charge in [0.15, 0.2) is 0 Å². The van der Waals surface area contributed by atoms with Gasteiger partial charge in [0.1, 0.15) is 17.5 Å². The summed E-state index contributed by atoms with van der Waals surface area (Å²) in [5.74, 6) is 0.234. The SMILES string of the molecule is O=C(COC1CCC1)N1CC(S(=O)(=O)N2CCC(c3c[nH]c4ncccc34)CC2)C1. The minimum Gasteiger partial charge on any atom is -0.368 e. The molecule has 1 N–H and O–H groups in total. The molecule has 3 fully saturated rings. The molecule has 1 aliphatic carbocycles. The number of pyridine rings is 1. The van der Waals surface area contributed by atoms with Crippen LogP contribution in [0.2, 0.25) is 0 Å². The van der Waals surface area contributed by atoms with E-state index in [2.05, 4.69) is 16.0 Å². The Morgan fingerprint density at radius 2 is 1.97 bits per heavy atom.